The van der Waals surface area contributed by atoms with Gasteiger partial charge in [0.05, 0.1) is 16.7 Å². The van der Waals surface area contributed by atoms with E-state index in [1.807, 2.05) is 20.8 Å². The lowest BCUT2D eigenvalue weighted by molar-refractivity contribution is -0.129. The van der Waals surface area contributed by atoms with E-state index in [9.17, 15) is 19.2 Å². The van der Waals surface area contributed by atoms with E-state index in [0.717, 1.165) is 12.8 Å². The first-order chi connectivity index (χ1) is 12.8. The number of rotatable bonds is 8. The van der Waals surface area contributed by atoms with Crippen molar-refractivity contribution < 1.29 is 23.9 Å². The second kappa shape index (κ2) is 8.79. The molecule has 1 aromatic carbocycles. The third kappa shape index (κ3) is 4.72. The molecule has 1 aliphatic heterocycles. The maximum Gasteiger partial charge on any atom is 0.338 e. The highest BCUT2D eigenvalue weighted by Crippen LogP contribution is 2.24. The number of nitrogens with zero attached hydrogens (tertiary/aromatic N) is 1. The third-order valence-corrected chi connectivity index (χ3v) is 4.28. The van der Waals surface area contributed by atoms with Crippen LogP contribution in [0.2, 0.25) is 0 Å². The molecule has 1 atom stereocenters. The molecule has 0 aromatic heterocycles. The zero-order valence-corrected chi connectivity index (χ0v) is 16.2. The summed E-state index contributed by atoms with van der Waals surface area (Å²) in [6, 6.07) is 4.26. The minimum Gasteiger partial charge on any atom is -0.449 e. The summed E-state index contributed by atoms with van der Waals surface area (Å²) in [6.07, 6.45) is 0.633. The highest BCUT2D eigenvalue weighted by Gasteiger charge is 2.35. The zero-order chi connectivity index (χ0) is 20.1. The highest BCUT2D eigenvalue weighted by atomic mass is 16.5. The predicted molar refractivity (Wildman–Crippen MR) is 99.4 cm³/mol. The van der Waals surface area contributed by atoms with Crippen LogP contribution in [-0.4, -0.2) is 47.8 Å². The van der Waals surface area contributed by atoms with Crippen LogP contribution in [0.5, 0.6) is 0 Å². The molecule has 3 amide bonds. The largest absolute Gasteiger partial charge is 0.449 e. The zero-order valence-electron chi connectivity index (χ0n) is 16.2. The number of amides is 3. The van der Waals surface area contributed by atoms with Crippen molar-refractivity contribution in [3.8, 4) is 0 Å². The molecule has 7 heteroatoms. The molecule has 2 rings (SSSR count). The van der Waals surface area contributed by atoms with Crippen molar-refractivity contribution in [1.29, 1.82) is 0 Å². The van der Waals surface area contributed by atoms with Gasteiger partial charge in [0.2, 0.25) is 0 Å². The molecular weight excluding hydrogens is 348 g/mol. The minimum atomic E-state index is -0.956. The summed E-state index contributed by atoms with van der Waals surface area (Å²) in [5.41, 5.74) is 0.619. The highest BCUT2D eigenvalue weighted by molar-refractivity contribution is 6.22. The molecule has 0 saturated carbocycles. The number of carbonyl (C=O) groups excluding carboxylic acids is 4. The lowest BCUT2D eigenvalue weighted by Gasteiger charge is -2.14. The number of esters is 1. The number of carbonyl (C=O) groups is 4. The van der Waals surface area contributed by atoms with Gasteiger partial charge in [-0.1, -0.05) is 27.2 Å². The number of unbranched alkanes of at least 4 members (excludes halogenated alkanes) is 1. The van der Waals surface area contributed by atoms with Crippen LogP contribution in [0.15, 0.2) is 18.2 Å². The Kier molecular flexibility index (Phi) is 6.71. The van der Waals surface area contributed by atoms with Gasteiger partial charge in [0.1, 0.15) is 0 Å². The molecule has 0 saturated heterocycles. The van der Waals surface area contributed by atoms with Crippen molar-refractivity contribution in [3.05, 3.63) is 34.9 Å². The average Bonchev–Trinajstić information content (AvgIpc) is 2.87. The summed E-state index contributed by atoms with van der Waals surface area (Å²) >= 11 is 0. The lowest BCUT2D eigenvalue weighted by Crippen LogP contribution is -2.37. The first-order valence-corrected chi connectivity index (χ1v) is 9.25. The van der Waals surface area contributed by atoms with Crippen LogP contribution in [0, 0.1) is 5.92 Å². The Morgan fingerprint density at radius 3 is 2.41 bits per heavy atom. The standard InChI is InChI=1S/C20H26N2O5/c1-5-6-9-22-18(24)15-8-7-14(10-16(15)19(22)25)20(26)27-13(4)17(23)21-11-12(2)3/h7-8,10,12-13H,5-6,9,11H2,1-4H3,(H,21,23)/t13-/m0/s1. The molecular formula is C20H26N2O5. The average molecular weight is 374 g/mol. The van der Waals surface area contributed by atoms with Crippen molar-refractivity contribution >= 4 is 23.7 Å². The van der Waals surface area contributed by atoms with Gasteiger partial charge in [-0.3, -0.25) is 19.3 Å². The van der Waals surface area contributed by atoms with Crippen molar-refractivity contribution in [2.45, 2.75) is 46.6 Å². The van der Waals surface area contributed by atoms with Crippen LogP contribution in [-0.2, 0) is 9.53 Å². The predicted octanol–water partition coefficient (Wildman–Crippen LogP) is 2.40. The van der Waals surface area contributed by atoms with Crippen LogP contribution < -0.4 is 5.32 Å². The Labute approximate surface area is 159 Å². The Balaban J connectivity index is 2.08. The minimum absolute atomic E-state index is 0.135. The van der Waals surface area contributed by atoms with Crippen LogP contribution in [0.4, 0.5) is 0 Å². The molecule has 0 spiro atoms. The number of benzene rings is 1. The smallest absolute Gasteiger partial charge is 0.338 e. The van der Waals surface area contributed by atoms with Gasteiger partial charge >= 0.3 is 5.97 Å². The molecule has 0 aliphatic carbocycles. The fraction of sp³-hybridized carbons (Fsp3) is 0.500. The van der Waals surface area contributed by atoms with E-state index in [4.69, 9.17) is 4.74 Å². The Bertz CT molecular complexity index is 757. The molecule has 1 aliphatic rings. The van der Waals surface area contributed by atoms with E-state index in [0.29, 0.717) is 13.1 Å². The topological polar surface area (TPSA) is 92.8 Å². The second-order valence-corrected chi connectivity index (χ2v) is 7.06. The number of hydrogen-bond donors (Lipinski definition) is 1. The summed E-state index contributed by atoms with van der Waals surface area (Å²) in [6.45, 7) is 8.24. The first kappa shape index (κ1) is 20.6. The molecule has 1 N–H and O–H groups in total. The van der Waals surface area contributed by atoms with E-state index in [1.165, 1.54) is 30.0 Å². The van der Waals surface area contributed by atoms with Gasteiger partial charge in [0.15, 0.2) is 6.10 Å². The van der Waals surface area contributed by atoms with Crippen molar-refractivity contribution in [2.24, 2.45) is 5.92 Å². The van der Waals surface area contributed by atoms with E-state index < -0.39 is 18.0 Å². The summed E-state index contributed by atoms with van der Waals surface area (Å²) in [4.78, 5) is 50.3. The van der Waals surface area contributed by atoms with Crippen LogP contribution in [0.1, 0.15) is 71.6 Å². The molecule has 0 unspecified atom stereocenters. The van der Waals surface area contributed by atoms with Gasteiger partial charge in [-0.25, -0.2) is 4.79 Å². The number of fused-ring (bicyclic) bond motifs is 1. The Morgan fingerprint density at radius 1 is 1.11 bits per heavy atom. The second-order valence-electron chi connectivity index (χ2n) is 7.06. The normalized spacial score (nSPS) is 14.3. The molecule has 0 fully saturated rings. The van der Waals surface area contributed by atoms with E-state index in [1.54, 1.807) is 0 Å². The molecule has 0 radical (unpaired) electrons. The maximum atomic E-state index is 12.5. The Hall–Kier alpha value is -2.70. The summed E-state index contributed by atoms with van der Waals surface area (Å²) in [5.74, 6) is -1.55. The van der Waals surface area contributed by atoms with Crippen LogP contribution >= 0.6 is 0 Å². The molecule has 1 aromatic rings. The van der Waals surface area contributed by atoms with Crippen molar-refractivity contribution in [2.75, 3.05) is 13.1 Å². The van der Waals surface area contributed by atoms with E-state index >= 15 is 0 Å². The quantitative estimate of drug-likeness (QED) is 0.557. The molecule has 0 bridgehead atoms. The molecule has 1 heterocycles. The monoisotopic (exact) mass is 374 g/mol. The lowest BCUT2D eigenvalue weighted by atomic mass is 10.1. The SMILES string of the molecule is CCCCN1C(=O)c2ccc(C(=O)O[C@@H](C)C(=O)NCC(C)C)cc2C1=O. The Morgan fingerprint density at radius 2 is 1.78 bits per heavy atom. The summed E-state index contributed by atoms with van der Waals surface area (Å²) in [7, 11) is 0. The third-order valence-electron chi connectivity index (χ3n) is 4.28. The summed E-state index contributed by atoms with van der Waals surface area (Å²) < 4.78 is 5.18. The number of ether oxygens (including phenoxy) is 1. The summed E-state index contributed by atoms with van der Waals surface area (Å²) in [5, 5.41) is 2.70. The van der Waals surface area contributed by atoms with E-state index in [-0.39, 0.29) is 34.4 Å². The van der Waals surface area contributed by atoms with Gasteiger partial charge in [0, 0.05) is 13.1 Å². The number of nitrogens with one attached hydrogen (secondary N) is 1. The first-order valence-electron chi connectivity index (χ1n) is 9.25. The van der Waals surface area contributed by atoms with Gasteiger partial charge in [-0.2, -0.15) is 0 Å². The maximum absolute atomic E-state index is 12.5. The van der Waals surface area contributed by atoms with E-state index in [2.05, 4.69) is 5.32 Å². The van der Waals surface area contributed by atoms with Gasteiger partial charge in [-0.05, 0) is 37.5 Å². The fourth-order valence-corrected chi connectivity index (χ4v) is 2.67. The fourth-order valence-electron chi connectivity index (χ4n) is 2.67. The molecule has 27 heavy (non-hydrogen) atoms. The number of hydrogen-bond acceptors (Lipinski definition) is 5. The van der Waals surface area contributed by atoms with Crippen LogP contribution in [0.25, 0.3) is 0 Å². The van der Waals surface area contributed by atoms with Gasteiger partial charge in [0.25, 0.3) is 17.7 Å². The number of imide groups is 1. The van der Waals surface area contributed by atoms with Gasteiger partial charge < -0.3 is 10.1 Å². The molecule has 146 valence electrons. The van der Waals surface area contributed by atoms with Crippen LogP contribution in [0.3, 0.4) is 0 Å². The van der Waals surface area contributed by atoms with Gasteiger partial charge in [-0.15, -0.1) is 0 Å². The van der Waals surface area contributed by atoms with Crippen molar-refractivity contribution in [1.82, 2.24) is 10.2 Å². The molecule has 7 nitrogen and oxygen atoms in total. The van der Waals surface area contributed by atoms with Crippen molar-refractivity contribution in [3.63, 3.8) is 0 Å².